The molecule has 0 aliphatic carbocycles. The maximum absolute atomic E-state index is 12.2. The molecular formula is C16H18F3NO. The molecule has 0 aliphatic heterocycles. The van der Waals surface area contributed by atoms with Crippen LogP contribution in [-0.4, -0.2) is 23.9 Å². The molecule has 2 atom stereocenters. The molecule has 2 aromatic rings. The molecule has 2 nitrogen and oxygen atoms in total. The van der Waals surface area contributed by atoms with E-state index in [9.17, 15) is 18.3 Å². The van der Waals surface area contributed by atoms with Gasteiger partial charge in [-0.2, -0.15) is 13.2 Å². The highest BCUT2D eigenvalue weighted by molar-refractivity contribution is 5.83. The summed E-state index contributed by atoms with van der Waals surface area (Å²) in [7, 11) is 0. The molecule has 0 spiro atoms. The third-order valence-electron chi connectivity index (χ3n) is 3.36. The molecule has 0 fully saturated rings. The Morgan fingerprint density at radius 2 is 1.76 bits per heavy atom. The van der Waals surface area contributed by atoms with E-state index in [4.69, 9.17) is 0 Å². The van der Waals surface area contributed by atoms with E-state index in [1.807, 2.05) is 36.4 Å². The van der Waals surface area contributed by atoms with Crippen molar-refractivity contribution in [2.24, 2.45) is 0 Å². The Bertz CT molecular complexity index is 597. The zero-order valence-corrected chi connectivity index (χ0v) is 11.7. The van der Waals surface area contributed by atoms with Crippen LogP contribution in [0.15, 0.2) is 42.5 Å². The van der Waals surface area contributed by atoms with Crippen LogP contribution in [0.3, 0.4) is 0 Å². The second-order valence-electron chi connectivity index (χ2n) is 5.25. The fraction of sp³-hybridized carbons (Fsp3) is 0.375. The highest BCUT2D eigenvalue weighted by Gasteiger charge is 2.29. The van der Waals surface area contributed by atoms with E-state index in [0.717, 1.165) is 10.8 Å². The summed E-state index contributed by atoms with van der Waals surface area (Å²) in [6, 6.07) is 12.6. The lowest BCUT2D eigenvalue weighted by atomic mass is 10.0. The summed E-state index contributed by atoms with van der Waals surface area (Å²) >= 11 is 0. The van der Waals surface area contributed by atoms with Crippen molar-refractivity contribution in [3.63, 3.8) is 0 Å². The summed E-state index contributed by atoms with van der Waals surface area (Å²) in [5, 5.41) is 14.9. The first-order valence-electron chi connectivity index (χ1n) is 6.82. The number of rotatable bonds is 5. The van der Waals surface area contributed by atoms with Gasteiger partial charge in [0.15, 0.2) is 0 Å². The summed E-state index contributed by atoms with van der Waals surface area (Å²) in [5.41, 5.74) is 0.695. The Labute approximate surface area is 121 Å². The summed E-state index contributed by atoms with van der Waals surface area (Å²) in [6.07, 6.45) is -5.93. The van der Waals surface area contributed by atoms with Gasteiger partial charge in [0.1, 0.15) is 0 Å². The normalized spacial score (nSPS) is 15.1. The number of hydrogen-bond acceptors (Lipinski definition) is 2. The van der Waals surface area contributed by atoms with Crippen molar-refractivity contribution >= 4 is 10.8 Å². The van der Waals surface area contributed by atoms with Crippen molar-refractivity contribution in [2.75, 3.05) is 6.54 Å². The fourth-order valence-corrected chi connectivity index (χ4v) is 2.27. The first-order valence-corrected chi connectivity index (χ1v) is 6.82. The van der Waals surface area contributed by atoms with Gasteiger partial charge in [-0.05, 0) is 29.3 Å². The SMILES string of the molecule is CC(CC(F)(F)F)NCC(O)c1ccc2ccccc2c1. The first-order chi connectivity index (χ1) is 9.85. The van der Waals surface area contributed by atoms with Gasteiger partial charge < -0.3 is 10.4 Å². The summed E-state index contributed by atoms with van der Waals surface area (Å²) in [4.78, 5) is 0. The Hall–Kier alpha value is -1.59. The molecule has 5 heteroatoms. The zero-order chi connectivity index (χ0) is 15.5. The lowest BCUT2D eigenvalue weighted by Crippen LogP contribution is -2.34. The lowest BCUT2D eigenvalue weighted by molar-refractivity contribution is -0.139. The molecule has 2 N–H and O–H groups in total. The second-order valence-corrected chi connectivity index (χ2v) is 5.25. The third-order valence-corrected chi connectivity index (χ3v) is 3.36. The number of fused-ring (bicyclic) bond motifs is 1. The Balaban J connectivity index is 1.97. The molecule has 2 rings (SSSR count). The number of aliphatic hydroxyl groups excluding tert-OH is 1. The minimum atomic E-state index is -4.19. The van der Waals surface area contributed by atoms with Crippen molar-refractivity contribution in [3.05, 3.63) is 48.0 Å². The van der Waals surface area contributed by atoms with Gasteiger partial charge in [0.2, 0.25) is 0 Å². The van der Waals surface area contributed by atoms with Gasteiger partial charge in [0.05, 0.1) is 12.5 Å². The van der Waals surface area contributed by atoms with Gasteiger partial charge in [-0.1, -0.05) is 36.4 Å². The highest BCUT2D eigenvalue weighted by atomic mass is 19.4. The van der Waals surface area contributed by atoms with E-state index in [1.165, 1.54) is 6.92 Å². The van der Waals surface area contributed by atoms with Crippen molar-refractivity contribution in [3.8, 4) is 0 Å². The molecule has 0 aromatic heterocycles. The maximum Gasteiger partial charge on any atom is 0.390 e. The van der Waals surface area contributed by atoms with Gasteiger partial charge in [0, 0.05) is 12.6 Å². The van der Waals surface area contributed by atoms with Crippen molar-refractivity contribution in [1.29, 1.82) is 0 Å². The van der Waals surface area contributed by atoms with Crippen molar-refractivity contribution in [2.45, 2.75) is 31.7 Å². The molecule has 0 bridgehead atoms. The van der Waals surface area contributed by atoms with Gasteiger partial charge in [-0.15, -0.1) is 0 Å². The fourth-order valence-electron chi connectivity index (χ4n) is 2.27. The number of halogens is 3. The van der Waals surface area contributed by atoms with Crippen LogP contribution in [0.4, 0.5) is 13.2 Å². The van der Waals surface area contributed by atoms with Crippen LogP contribution in [0.1, 0.15) is 25.0 Å². The third kappa shape index (κ3) is 4.72. The van der Waals surface area contributed by atoms with Crippen LogP contribution in [0.2, 0.25) is 0 Å². The summed E-state index contributed by atoms with van der Waals surface area (Å²) in [6.45, 7) is 1.55. The Morgan fingerprint density at radius 1 is 1.10 bits per heavy atom. The van der Waals surface area contributed by atoms with Crippen LogP contribution in [0.5, 0.6) is 0 Å². The average molecular weight is 297 g/mol. The Morgan fingerprint density at radius 3 is 2.43 bits per heavy atom. The number of benzene rings is 2. The predicted octanol–water partition coefficient (Wildman–Crippen LogP) is 3.80. The van der Waals surface area contributed by atoms with Crippen molar-refractivity contribution in [1.82, 2.24) is 5.32 Å². The summed E-state index contributed by atoms with van der Waals surface area (Å²) in [5.74, 6) is 0. The number of aliphatic hydroxyl groups is 1. The molecule has 0 heterocycles. The van der Waals surface area contributed by atoms with Gasteiger partial charge in [0.25, 0.3) is 0 Å². The lowest BCUT2D eigenvalue weighted by Gasteiger charge is -2.19. The molecule has 0 radical (unpaired) electrons. The van der Waals surface area contributed by atoms with Crippen LogP contribution >= 0.6 is 0 Å². The molecule has 0 saturated heterocycles. The predicted molar refractivity (Wildman–Crippen MR) is 77.0 cm³/mol. The van der Waals surface area contributed by atoms with Crippen LogP contribution in [0, 0.1) is 0 Å². The van der Waals surface area contributed by atoms with E-state index >= 15 is 0 Å². The van der Waals surface area contributed by atoms with Crippen LogP contribution in [0.25, 0.3) is 10.8 Å². The quantitative estimate of drug-likeness (QED) is 0.879. The van der Waals surface area contributed by atoms with E-state index in [1.54, 1.807) is 6.07 Å². The van der Waals surface area contributed by atoms with E-state index in [-0.39, 0.29) is 6.54 Å². The average Bonchev–Trinajstić information content (AvgIpc) is 2.42. The van der Waals surface area contributed by atoms with Gasteiger partial charge in [-0.3, -0.25) is 0 Å². The second kappa shape index (κ2) is 6.45. The van der Waals surface area contributed by atoms with Crippen molar-refractivity contribution < 1.29 is 18.3 Å². The molecule has 0 aliphatic rings. The first kappa shape index (κ1) is 15.8. The molecule has 0 amide bonds. The number of alkyl halides is 3. The van der Waals surface area contributed by atoms with E-state index in [0.29, 0.717) is 5.56 Å². The molecule has 114 valence electrons. The monoisotopic (exact) mass is 297 g/mol. The topological polar surface area (TPSA) is 32.3 Å². The zero-order valence-electron chi connectivity index (χ0n) is 11.7. The molecule has 0 saturated carbocycles. The number of hydrogen-bond donors (Lipinski definition) is 2. The highest BCUT2D eigenvalue weighted by Crippen LogP contribution is 2.22. The summed E-state index contributed by atoms with van der Waals surface area (Å²) < 4.78 is 36.7. The van der Waals surface area contributed by atoms with E-state index < -0.39 is 24.7 Å². The smallest absolute Gasteiger partial charge is 0.387 e. The van der Waals surface area contributed by atoms with Crippen LogP contribution in [-0.2, 0) is 0 Å². The Kier molecular flexibility index (Phi) is 4.85. The van der Waals surface area contributed by atoms with Crippen LogP contribution < -0.4 is 5.32 Å². The minimum absolute atomic E-state index is 0.0928. The number of nitrogens with one attached hydrogen (secondary N) is 1. The molecule has 21 heavy (non-hydrogen) atoms. The molecule has 2 unspecified atom stereocenters. The van der Waals surface area contributed by atoms with Gasteiger partial charge in [-0.25, -0.2) is 0 Å². The minimum Gasteiger partial charge on any atom is -0.387 e. The van der Waals surface area contributed by atoms with E-state index in [2.05, 4.69) is 5.32 Å². The standard InChI is InChI=1S/C16H18F3NO/c1-11(9-16(17,18)19)20-10-15(21)14-7-6-12-4-2-3-5-13(12)8-14/h2-8,11,15,20-21H,9-10H2,1H3. The van der Waals surface area contributed by atoms with Gasteiger partial charge >= 0.3 is 6.18 Å². The molecular weight excluding hydrogens is 279 g/mol. The maximum atomic E-state index is 12.2. The molecule has 2 aromatic carbocycles. The largest absolute Gasteiger partial charge is 0.390 e.